The molecule has 0 saturated heterocycles. The lowest BCUT2D eigenvalue weighted by atomic mass is 9.92. The molecule has 8 nitrogen and oxygen atoms in total. The largest absolute Gasteiger partial charge is 0.497 e. The average Bonchev–Trinajstić information content (AvgIpc) is 2.77. The molecular weight excluding hydrogens is 428 g/mol. The highest BCUT2D eigenvalue weighted by atomic mass is 32.2. The number of aromatic nitrogens is 2. The number of anilines is 2. The minimum absolute atomic E-state index is 0.127. The smallest absolute Gasteiger partial charge is 0.257 e. The van der Waals surface area contributed by atoms with Crippen molar-refractivity contribution in [2.24, 2.45) is 0 Å². The molecule has 9 heteroatoms. The number of aryl methyl sites for hydroxylation is 1. The number of fused-ring (bicyclic) bond motifs is 1. The Bertz CT molecular complexity index is 1240. The van der Waals surface area contributed by atoms with Crippen LogP contribution < -0.4 is 20.9 Å². The van der Waals surface area contributed by atoms with Gasteiger partial charge in [0.2, 0.25) is 11.8 Å². The fraction of sp³-hybridized carbons (Fsp3) is 0.217. The summed E-state index contributed by atoms with van der Waals surface area (Å²) >= 11 is 1.35. The zero-order valence-electron chi connectivity index (χ0n) is 17.6. The maximum atomic E-state index is 12.9. The third-order valence-electron chi connectivity index (χ3n) is 5.04. The minimum Gasteiger partial charge on any atom is -0.497 e. The monoisotopic (exact) mass is 450 g/mol. The summed E-state index contributed by atoms with van der Waals surface area (Å²) < 4.78 is 5.17. The maximum Gasteiger partial charge on any atom is 0.257 e. The molecule has 0 spiro atoms. The molecule has 1 aliphatic rings. The van der Waals surface area contributed by atoms with Crippen LogP contribution in [0.5, 0.6) is 5.75 Å². The molecule has 2 amide bonds. The van der Waals surface area contributed by atoms with E-state index in [0.29, 0.717) is 22.3 Å². The summed E-state index contributed by atoms with van der Waals surface area (Å²) in [7, 11) is 1.53. The topological polar surface area (TPSA) is 113 Å². The van der Waals surface area contributed by atoms with Crippen LogP contribution in [0, 0.1) is 6.92 Å². The van der Waals surface area contributed by atoms with Gasteiger partial charge in [0.15, 0.2) is 5.16 Å². The van der Waals surface area contributed by atoms with E-state index >= 15 is 0 Å². The molecule has 0 fully saturated rings. The number of nitrogens with one attached hydrogen (secondary N) is 3. The molecular formula is C23H22N4O4S. The molecule has 1 aromatic heterocycles. The van der Waals surface area contributed by atoms with Crippen LogP contribution in [0.25, 0.3) is 0 Å². The van der Waals surface area contributed by atoms with Crippen molar-refractivity contribution in [3.8, 4) is 5.75 Å². The van der Waals surface area contributed by atoms with Crippen LogP contribution in [-0.4, -0.2) is 28.9 Å². The van der Waals surface area contributed by atoms with Gasteiger partial charge in [-0.2, -0.15) is 0 Å². The summed E-state index contributed by atoms with van der Waals surface area (Å²) in [5.74, 6) is -0.450. The van der Waals surface area contributed by atoms with Gasteiger partial charge in [-0.05, 0) is 24.6 Å². The van der Waals surface area contributed by atoms with Gasteiger partial charge in [0.25, 0.3) is 5.56 Å². The second-order valence-electron chi connectivity index (χ2n) is 7.44. The summed E-state index contributed by atoms with van der Waals surface area (Å²) in [5.41, 5.74) is 2.47. The third kappa shape index (κ3) is 4.83. The van der Waals surface area contributed by atoms with Crippen LogP contribution >= 0.6 is 11.8 Å². The van der Waals surface area contributed by atoms with Gasteiger partial charge >= 0.3 is 0 Å². The van der Waals surface area contributed by atoms with E-state index in [1.54, 1.807) is 24.3 Å². The molecule has 4 rings (SSSR count). The van der Waals surface area contributed by atoms with Crippen molar-refractivity contribution in [3.63, 3.8) is 0 Å². The quantitative estimate of drug-likeness (QED) is 0.392. The van der Waals surface area contributed by atoms with E-state index in [9.17, 15) is 14.4 Å². The average molecular weight is 451 g/mol. The number of ether oxygens (including phenoxy) is 1. The van der Waals surface area contributed by atoms with Gasteiger partial charge in [-0.3, -0.25) is 14.4 Å². The zero-order valence-corrected chi connectivity index (χ0v) is 18.4. The Kier molecular flexibility index (Phi) is 6.27. The van der Waals surface area contributed by atoms with Crippen molar-refractivity contribution in [1.82, 2.24) is 9.97 Å². The minimum atomic E-state index is -0.947. The number of rotatable bonds is 6. The number of aromatic amines is 1. The second-order valence-corrected chi connectivity index (χ2v) is 8.40. The molecule has 1 aliphatic heterocycles. The van der Waals surface area contributed by atoms with E-state index < -0.39 is 17.4 Å². The van der Waals surface area contributed by atoms with E-state index in [1.807, 2.05) is 25.1 Å². The lowest BCUT2D eigenvalue weighted by Crippen LogP contribution is -2.36. The number of hydrogen-bond donors (Lipinski definition) is 3. The van der Waals surface area contributed by atoms with Crippen LogP contribution in [0.4, 0.5) is 11.5 Å². The van der Waals surface area contributed by atoms with Crippen molar-refractivity contribution in [2.45, 2.75) is 30.2 Å². The Hall–Kier alpha value is -3.59. The van der Waals surface area contributed by atoms with Crippen molar-refractivity contribution < 1.29 is 14.3 Å². The summed E-state index contributed by atoms with van der Waals surface area (Å²) in [5, 5.41) is 5.77. The van der Waals surface area contributed by atoms with Gasteiger partial charge in [0, 0.05) is 23.9 Å². The molecule has 0 aliphatic carbocycles. The van der Waals surface area contributed by atoms with Crippen molar-refractivity contribution >= 4 is 35.1 Å². The maximum absolute atomic E-state index is 12.9. The molecule has 0 radical (unpaired) electrons. The Labute approximate surface area is 188 Å². The van der Waals surface area contributed by atoms with E-state index in [4.69, 9.17) is 4.74 Å². The summed E-state index contributed by atoms with van der Waals surface area (Å²) in [6.45, 7) is 2.01. The number of hydrogen-bond acceptors (Lipinski definition) is 6. The lowest BCUT2D eigenvalue weighted by Gasteiger charge is -2.23. The molecule has 2 heterocycles. The van der Waals surface area contributed by atoms with Gasteiger partial charge in [0.1, 0.15) is 11.6 Å². The first-order valence-corrected chi connectivity index (χ1v) is 11.0. The van der Waals surface area contributed by atoms with Gasteiger partial charge in [-0.25, -0.2) is 4.98 Å². The van der Waals surface area contributed by atoms with Crippen molar-refractivity contribution in [1.29, 1.82) is 0 Å². The first-order chi connectivity index (χ1) is 15.4. The number of H-pyrrole nitrogens is 1. The van der Waals surface area contributed by atoms with E-state index in [1.165, 1.54) is 18.9 Å². The second kappa shape index (κ2) is 9.27. The highest BCUT2D eigenvalue weighted by molar-refractivity contribution is 7.98. The van der Waals surface area contributed by atoms with E-state index in [2.05, 4.69) is 26.7 Å². The van der Waals surface area contributed by atoms with Crippen LogP contribution in [0.2, 0.25) is 0 Å². The number of methoxy groups -OCH3 is 1. The molecule has 2 aromatic carbocycles. The van der Waals surface area contributed by atoms with Crippen molar-refractivity contribution in [2.75, 3.05) is 17.7 Å². The molecule has 0 bridgehead atoms. The Balaban J connectivity index is 1.57. The van der Waals surface area contributed by atoms with Gasteiger partial charge in [-0.1, -0.05) is 47.7 Å². The predicted molar refractivity (Wildman–Crippen MR) is 123 cm³/mol. The van der Waals surface area contributed by atoms with Gasteiger partial charge in [-0.15, -0.1) is 0 Å². The van der Waals surface area contributed by atoms with E-state index in [0.717, 1.165) is 11.1 Å². The fourth-order valence-electron chi connectivity index (χ4n) is 3.53. The molecule has 3 N–H and O–H groups in total. The molecule has 1 unspecified atom stereocenters. The van der Waals surface area contributed by atoms with Gasteiger partial charge < -0.3 is 20.4 Å². The number of amides is 2. The van der Waals surface area contributed by atoms with Crippen LogP contribution in [0.3, 0.4) is 0 Å². The summed E-state index contributed by atoms with van der Waals surface area (Å²) in [4.78, 5) is 45.2. The number of nitrogens with zero attached hydrogens (tertiary/aromatic N) is 1. The molecule has 1 atom stereocenters. The lowest BCUT2D eigenvalue weighted by molar-refractivity contribution is -0.123. The number of benzene rings is 2. The van der Waals surface area contributed by atoms with Crippen LogP contribution in [0.15, 0.2) is 58.5 Å². The molecule has 32 heavy (non-hydrogen) atoms. The van der Waals surface area contributed by atoms with Crippen LogP contribution in [-0.2, 0) is 15.3 Å². The molecule has 3 aromatic rings. The molecule has 164 valence electrons. The summed E-state index contributed by atoms with van der Waals surface area (Å²) in [6.07, 6.45) is -0.136. The standard InChI is InChI=1S/C23H22N4O4S/c1-13-5-3-6-14(9-13)12-32-23-26-20-19(22(30)27-23)17(11-18(28)25-20)21(29)24-15-7-4-8-16(10-15)31-2/h3-10,17H,11-12H2,1-2H3,(H,24,29)(H2,25,26,27,28,30). The first-order valence-electron chi connectivity index (χ1n) is 10.0. The molecule has 0 saturated carbocycles. The third-order valence-corrected chi connectivity index (χ3v) is 5.99. The van der Waals surface area contributed by atoms with Crippen LogP contribution in [0.1, 0.15) is 29.0 Å². The SMILES string of the molecule is COc1cccc(NC(=O)C2CC(=O)Nc3nc(SCc4cccc(C)c4)[nH]c(=O)c32)c1. The predicted octanol–water partition coefficient (Wildman–Crippen LogP) is 3.44. The van der Waals surface area contributed by atoms with E-state index in [-0.39, 0.29) is 23.7 Å². The Morgan fingerprint density at radius 2 is 2.03 bits per heavy atom. The van der Waals surface area contributed by atoms with Gasteiger partial charge in [0.05, 0.1) is 18.6 Å². The normalized spacial score (nSPS) is 14.9. The Morgan fingerprint density at radius 1 is 1.22 bits per heavy atom. The highest BCUT2D eigenvalue weighted by Gasteiger charge is 2.34. The summed E-state index contributed by atoms with van der Waals surface area (Å²) in [6, 6.07) is 14.9. The fourth-order valence-corrected chi connectivity index (χ4v) is 4.33. The number of thioether (sulfide) groups is 1. The zero-order chi connectivity index (χ0) is 22.7. The number of carbonyl (C=O) groups excluding carboxylic acids is 2. The Morgan fingerprint density at radius 3 is 2.81 bits per heavy atom. The number of carbonyl (C=O) groups is 2. The van der Waals surface area contributed by atoms with Crippen molar-refractivity contribution in [3.05, 3.63) is 75.6 Å². The highest BCUT2D eigenvalue weighted by Crippen LogP contribution is 2.31. The first kappa shape index (κ1) is 21.6.